The number of nitrogens with one attached hydrogen (secondary N) is 1. The number of rotatable bonds is 6. The summed E-state index contributed by atoms with van der Waals surface area (Å²) in [5, 5.41) is 16.5. The van der Waals surface area contributed by atoms with Gasteiger partial charge in [-0.3, -0.25) is 14.4 Å². The third kappa shape index (κ3) is 3.98. The van der Waals surface area contributed by atoms with Crippen molar-refractivity contribution in [2.75, 3.05) is 0 Å². The Morgan fingerprint density at radius 3 is 2.42 bits per heavy atom. The molecule has 0 aliphatic carbocycles. The molecule has 2 rings (SSSR count). The van der Waals surface area contributed by atoms with Crippen LogP contribution in [0.4, 0.5) is 0 Å². The molecular weight excluding hydrogens is 310 g/mol. The van der Waals surface area contributed by atoms with Crippen molar-refractivity contribution >= 4 is 22.6 Å². The highest BCUT2D eigenvalue weighted by molar-refractivity contribution is 6.04. The molecule has 7 nitrogen and oxygen atoms in total. The molecule has 1 unspecified atom stereocenters. The number of aromatic nitrogens is 2. The van der Waals surface area contributed by atoms with E-state index >= 15 is 0 Å². The summed E-state index contributed by atoms with van der Waals surface area (Å²) in [4.78, 5) is 35.8. The number of carboxylic acids is 1. The number of benzene rings is 1. The highest BCUT2D eigenvalue weighted by atomic mass is 16.4. The van der Waals surface area contributed by atoms with E-state index in [1.807, 2.05) is 13.8 Å². The number of hydrogen-bond acceptors (Lipinski definition) is 4. The van der Waals surface area contributed by atoms with Gasteiger partial charge in [0.2, 0.25) is 0 Å². The first kappa shape index (κ1) is 17.7. The minimum atomic E-state index is -0.995. The lowest BCUT2D eigenvalue weighted by molar-refractivity contribution is -0.137. The predicted octanol–water partition coefficient (Wildman–Crippen LogP) is 1.65. The third-order valence-corrected chi connectivity index (χ3v) is 3.48. The standard InChI is InChI=1S/C17H21N3O4/c1-10(2)9-20-17(24)13-7-5-4-6-12(13)15(19-20)16(23)18-11(3)8-14(21)22/h4-7,10-11H,8-9H2,1-3H3,(H,18,23)(H,21,22). The molecule has 0 spiro atoms. The summed E-state index contributed by atoms with van der Waals surface area (Å²) in [6.45, 7) is 5.92. The SMILES string of the molecule is CC(C)Cn1nc(C(=O)NC(C)CC(=O)O)c2ccccc2c1=O. The minimum absolute atomic E-state index is 0.128. The van der Waals surface area contributed by atoms with Crippen molar-refractivity contribution in [1.82, 2.24) is 15.1 Å². The third-order valence-electron chi connectivity index (χ3n) is 3.48. The highest BCUT2D eigenvalue weighted by Crippen LogP contribution is 2.14. The topological polar surface area (TPSA) is 101 Å². The van der Waals surface area contributed by atoms with E-state index in [0.717, 1.165) is 0 Å². The van der Waals surface area contributed by atoms with E-state index < -0.39 is 17.9 Å². The van der Waals surface area contributed by atoms with Gasteiger partial charge in [0.25, 0.3) is 11.5 Å². The fourth-order valence-electron chi connectivity index (χ4n) is 2.48. The van der Waals surface area contributed by atoms with Gasteiger partial charge in [-0.15, -0.1) is 0 Å². The van der Waals surface area contributed by atoms with Gasteiger partial charge in [0.15, 0.2) is 5.69 Å². The van der Waals surface area contributed by atoms with Crippen LogP contribution in [0, 0.1) is 5.92 Å². The quantitative estimate of drug-likeness (QED) is 0.838. The van der Waals surface area contributed by atoms with Crippen LogP contribution in [0.2, 0.25) is 0 Å². The van der Waals surface area contributed by atoms with Crippen LogP contribution in [0.1, 0.15) is 37.7 Å². The van der Waals surface area contributed by atoms with E-state index in [-0.39, 0.29) is 23.6 Å². The Hall–Kier alpha value is -2.70. The van der Waals surface area contributed by atoms with Crippen molar-refractivity contribution in [3.05, 3.63) is 40.3 Å². The second-order valence-corrected chi connectivity index (χ2v) is 6.25. The number of fused-ring (bicyclic) bond motifs is 1. The van der Waals surface area contributed by atoms with Gasteiger partial charge in [-0.1, -0.05) is 32.0 Å². The summed E-state index contributed by atoms with van der Waals surface area (Å²) in [6, 6.07) is 6.25. The first-order chi connectivity index (χ1) is 11.3. The van der Waals surface area contributed by atoms with E-state index in [0.29, 0.717) is 17.3 Å². The van der Waals surface area contributed by atoms with Crippen molar-refractivity contribution in [2.24, 2.45) is 5.92 Å². The molecule has 1 aromatic heterocycles. The van der Waals surface area contributed by atoms with E-state index in [9.17, 15) is 14.4 Å². The Morgan fingerprint density at radius 1 is 1.21 bits per heavy atom. The lowest BCUT2D eigenvalue weighted by Gasteiger charge is -2.15. The number of nitrogens with zero attached hydrogens (tertiary/aromatic N) is 2. The maximum atomic E-state index is 12.5. The van der Waals surface area contributed by atoms with Gasteiger partial charge in [-0.05, 0) is 18.9 Å². The van der Waals surface area contributed by atoms with Crippen LogP contribution in [0.15, 0.2) is 29.1 Å². The predicted molar refractivity (Wildman–Crippen MR) is 90.0 cm³/mol. The van der Waals surface area contributed by atoms with Crippen molar-refractivity contribution in [1.29, 1.82) is 0 Å². The highest BCUT2D eigenvalue weighted by Gasteiger charge is 2.19. The van der Waals surface area contributed by atoms with Gasteiger partial charge < -0.3 is 10.4 Å². The molecule has 0 bridgehead atoms. The number of carbonyl (C=O) groups is 2. The molecule has 0 aliphatic heterocycles. The lowest BCUT2D eigenvalue weighted by atomic mass is 10.1. The molecule has 2 N–H and O–H groups in total. The summed E-state index contributed by atoms with van der Waals surface area (Å²) < 4.78 is 1.30. The normalized spacial score (nSPS) is 12.3. The van der Waals surface area contributed by atoms with Crippen molar-refractivity contribution in [3.8, 4) is 0 Å². The molecule has 1 amide bonds. The zero-order valence-corrected chi connectivity index (χ0v) is 13.9. The smallest absolute Gasteiger partial charge is 0.305 e. The Morgan fingerprint density at radius 2 is 1.83 bits per heavy atom. The number of amides is 1. The monoisotopic (exact) mass is 331 g/mol. The fraction of sp³-hybridized carbons (Fsp3) is 0.412. The van der Waals surface area contributed by atoms with Crippen LogP contribution in [-0.4, -0.2) is 32.8 Å². The van der Waals surface area contributed by atoms with Crippen LogP contribution in [0.3, 0.4) is 0 Å². The summed E-state index contributed by atoms with van der Waals surface area (Å²) in [6.07, 6.45) is -0.185. The molecular formula is C17H21N3O4. The molecule has 128 valence electrons. The second-order valence-electron chi connectivity index (χ2n) is 6.25. The Bertz CT molecular complexity index is 826. The van der Waals surface area contributed by atoms with E-state index in [2.05, 4.69) is 10.4 Å². The maximum absolute atomic E-state index is 12.5. The molecule has 0 radical (unpaired) electrons. The second kappa shape index (κ2) is 7.25. The molecule has 0 aliphatic rings. The Labute approximate surface area is 139 Å². The van der Waals surface area contributed by atoms with Crippen molar-refractivity contribution in [2.45, 2.75) is 39.8 Å². The van der Waals surface area contributed by atoms with E-state index in [1.54, 1.807) is 31.2 Å². The molecule has 1 heterocycles. The number of hydrogen-bond donors (Lipinski definition) is 2. The van der Waals surface area contributed by atoms with Gasteiger partial charge in [-0.2, -0.15) is 5.10 Å². The zero-order chi connectivity index (χ0) is 17.9. The lowest BCUT2D eigenvalue weighted by Crippen LogP contribution is -2.37. The Balaban J connectivity index is 2.48. The molecule has 0 fully saturated rings. The van der Waals surface area contributed by atoms with Gasteiger partial charge in [0.1, 0.15) is 0 Å². The Kier molecular flexibility index (Phi) is 5.33. The fourth-order valence-corrected chi connectivity index (χ4v) is 2.48. The van der Waals surface area contributed by atoms with Gasteiger partial charge >= 0.3 is 5.97 Å². The molecule has 0 saturated carbocycles. The number of aliphatic carboxylic acids is 1. The minimum Gasteiger partial charge on any atom is -0.481 e. The molecule has 1 aromatic carbocycles. The molecule has 7 heteroatoms. The van der Waals surface area contributed by atoms with Crippen LogP contribution >= 0.6 is 0 Å². The molecule has 24 heavy (non-hydrogen) atoms. The number of carbonyl (C=O) groups excluding carboxylic acids is 1. The van der Waals surface area contributed by atoms with Gasteiger partial charge in [0.05, 0.1) is 11.8 Å². The summed E-state index contributed by atoms with van der Waals surface area (Å²) in [5.41, 5.74) is -0.113. The zero-order valence-electron chi connectivity index (χ0n) is 13.9. The van der Waals surface area contributed by atoms with Crippen LogP contribution < -0.4 is 10.9 Å². The largest absolute Gasteiger partial charge is 0.481 e. The van der Waals surface area contributed by atoms with Crippen molar-refractivity contribution in [3.63, 3.8) is 0 Å². The van der Waals surface area contributed by atoms with Crippen molar-refractivity contribution < 1.29 is 14.7 Å². The summed E-state index contributed by atoms with van der Waals surface area (Å²) in [5.74, 6) is -1.29. The molecule has 2 aromatic rings. The van der Waals surface area contributed by atoms with E-state index in [4.69, 9.17) is 5.11 Å². The van der Waals surface area contributed by atoms with Crippen LogP contribution in [0.5, 0.6) is 0 Å². The summed E-state index contributed by atoms with van der Waals surface area (Å²) >= 11 is 0. The molecule has 0 saturated heterocycles. The number of carboxylic acid groups (broad SMARTS) is 1. The average molecular weight is 331 g/mol. The first-order valence-corrected chi connectivity index (χ1v) is 7.82. The van der Waals surface area contributed by atoms with Gasteiger partial charge in [-0.25, -0.2) is 4.68 Å². The van der Waals surface area contributed by atoms with E-state index in [1.165, 1.54) is 4.68 Å². The summed E-state index contributed by atoms with van der Waals surface area (Å²) in [7, 11) is 0. The van der Waals surface area contributed by atoms with Crippen LogP contribution in [0.25, 0.3) is 10.8 Å². The maximum Gasteiger partial charge on any atom is 0.305 e. The average Bonchev–Trinajstić information content (AvgIpc) is 2.48. The molecule has 1 atom stereocenters. The van der Waals surface area contributed by atoms with Gasteiger partial charge in [0, 0.05) is 18.0 Å². The first-order valence-electron chi connectivity index (χ1n) is 7.82. The van der Waals surface area contributed by atoms with Crippen LogP contribution in [-0.2, 0) is 11.3 Å².